The molecule has 18 heavy (non-hydrogen) atoms. The molecule has 1 fully saturated rings. The highest BCUT2D eigenvalue weighted by atomic mass is 19.2. The molecule has 0 bridgehead atoms. The molecule has 0 spiro atoms. The van der Waals surface area contributed by atoms with E-state index in [0.29, 0.717) is 18.6 Å². The first-order valence-corrected chi connectivity index (χ1v) is 6.47. The van der Waals surface area contributed by atoms with Crippen molar-refractivity contribution in [2.75, 3.05) is 13.2 Å². The lowest BCUT2D eigenvalue weighted by Crippen LogP contribution is -2.28. The van der Waals surface area contributed by atoms with Gasteiger partial charge < -0.3 is 10.1 Å². The van der Waals surface area contributed by atoms with E-state index < -0.39 is 11.6 Å². The summed E-state index contributed by atoms with van der Waals surface area (Å²) in [7, 11) is 0. The van der Waals surface area contributed by atoms with Crippen LogP contribution in [0.2, 0.25) is 0 Å². The molecule has 1 aliphatic heterocycles. The topological polar surface area (TPSA) is 21.3 Å². The second kappa shape index (κ2) is 6.25. The van der Waals surface area contributed by atoms with E-state index in [4.69, 9.17) is 4.74 Å². The zero-order valence-electron chi connectivity index (χ0n) is 10.6. The standard InChI is InChI=1S/C14H19F2NO/c1-2-14-11(5-6-18-14)9-17-8-10-3-4-12(15)13(16)7-10/h3-4,7,11,14,17H,2,5-6,8-9H2,1H3. The van der Waals surface area contributed by atoms with Gasteiger partial charge in [-0.2, -0.15) is 0 Å². The van der Waals surface area contributed by atoms with Gasteiger partial charge in [-0.25, -0.2) is 8.78 Å². The van der Waals surface area contributed by atoms with Crippen LogP contribution >= 0.6 is 0 Å². The van der Waals surface area contributed by atoms with Gasteiger partial charge >= 0.3 is 0 Å². The Balaban J connectivity index is 1.79. The summed E-state index contributed by atoms with van der Waals surface area (Å²) in [6.07, 6.45) is 2.43. The van der Waals surface area contributed by atoms with Crippen LogP contribution in [0.1, 0.15) is 25.3 Å². The summed E-state index contributed by atoms with van der Waals surface area (Å²) in [4.78, 5) is 0. The van der Waals surface area contributed by atoms with E-state index in [-0.39, 0.29) is 0 Å². The lowest BCUT2D eigenvalue weighted by molar-refractivity contribution is 0.0872. The van der Waals surface area contributed by atoms with Crippen LogP contribution in [0.25, 0.3) is 0 Å². The molecule has 1 aromatic rings. The number of halogens is 2. The van der Waals surface area contributed by atoms with Gasteiger partial charge in [0.05, 0.1) is 6.10 Å². The van der Waals surface area contributed by atoms with Crippen LogP contribution in [-0.2, 0) is 11.3 Å². The van der Waals surface area contributed by atoms with Gasteiger partial charge in [-0.1, -0.05) is 13.0 Å². The highest BCUT2D eigenvalue weighted by molar-refractivity contribution is 5.17. The Morgan fingerprint density at radius 2 is 2.17 bits per heavy atom. The number of hydrogen-bond acceptors (Lipinski definition) is 2. The van der Waals surface area contributed by atoms with Crippen LogP contribution in [0.3, 0.4) is 0 Å². The van der Waals surface area contributed by atoms with Gasteiger partial charge in [-0.3, -0.25) is 0 Å². The van der Waals surface area contributed by atoms with Crippen molar-refractivity contribution in [3.05, 3.63) is 35.4 Å². The second-order valence-electron chi connectivity index (χ2n) is 4.75. The molecule has 0 saturated carbocycles. The minimum atomic E-state index is -0.797. The minimum absolute atomic E-state index is 0.336. The van der Waals surface area contributed by atoms with Gasteiger partial charge in [-0.15, -0.1) is 0 Å². The molecule has 4 heteroatoms. The average Bonchev–Trinajstić information content (AvgIpc) is 2.81. The van der Waals surface area contributed by atoms with Crippen molar-refractivity contribution >= 4 is 0 Å². The van der Waals surface area contributed by atoms with E-state index in [1.54, 1.807) is 6.07 Å². The molecule has 2 rings (SSSR count). The molecule has 1 saturated heterocycles. The normalized spacial score (nSPS) is 23.5. The van der Waals surface area contributed by atoms with Crippen molar-refractivity contribution in [3.8, 4) is 0 Å². The van der Waals surface area contributed by atoms with Crippen LogP contribution < -0.4 is 5.32 Å². The van der Waals surface area contributed by atoms with Crippen LogP contribution in [0.4, 0.5) is 8.78 Å². The van der Waals surface area contributed by atoms with E-state index in [1.165, 1.54) is 12.1 Å². The summed E-state index contributed by atoms with van der Waals surface area (Å²) in [6, 6.07) is 4.01. The zero-order valence-corrected chi connectivity index (χ0v) is 10.6. The third-order valence-corrected chi connectivity index (χ3v) is 3.47. The summed E-state index contributed by atoms with van der Waals surface area (Å²) >= 11 is 0. The number of rotatable bonds is 5. The van der Waals surface area contributed by atoms with Crippen LogP contribution in [0.15, 0.2) is 18.2 Å². The summed E-state index contributed by atoms with van der Waals surface area (Å²) in [5, 5.41) is 3.29. The molecular weight excluding hydrogens is 236 g/mol. The Bertz CT molecular complexity index is 397. The first-order chi connectivity index (χ1) is 8.70. The number of ether oxygens (including phenoxy) is 1. The SMILES string of the molecule is CCC1OCCC1CNCc1ccc(F)c(F)c1. The van der Waals surface area contributed by atoms with E-state index in [2.05, 4.69) is 12.2 Å². The van der Waals surface area contributed by atoms with E-state index in [1.807, 2.05) is 0 Å². The van der Waals surface area contributed by atoms with E-state index in [0.717, 1.165) is 31.6 Å². The van der Waals surface area contributed by atoms with Gasteiger partial charge in [0.1, 0.15) is 0 Å². The molecule has 1 heterocycles. The Morgan fingerprint density at radius 3 is 2.89 bits per heavy atom. The minimum Gasteiger partial charge on any atom is -0.378 e. The average molecular weight is 255 g/mol. The summed E-state index contributed by atoms with van der Waals surface area (Å²) < 4.78 is 31.4. The monoisotopic (exact) mass is 255 g/mol. The van der Waals surface area contributed by atoms with Gasteiger partial charge in [0.2, 0.25) is 0 Å². The Hall–Kier alpha value is -1.00. The molecule has 2 atom stereocenters. The van der Waals surface area contributed by atoms with Crippen LogP contribution in [0, 0.1) is 17.6 Å². The molecule has 1 aromatic carbocycles. The van der Waals surface area contributed by atoms with Gasteiger partial charge in [0, 0.05) is 19.7 Å². The summed E-state index contributed by atoms with van der Waals surface area (Å²) in [6.45, 7) is 4.37. The Labute approximate surface area is 106 Å². The third-order valence-electron chi connectivity index (χ3n) is 3.47. The number of benzene rings is 1. The van der Waals surface area contributed by atoms with Crippen molar-refractivity contribution in [2.24, 2.45) is 5.92 Å². The number of hydrogen-bond donors (Lipinski definition) is 1. The van der Waals surface area contributed by atoms with Crippen molar-refractivity contribution in [2.45, 2.75) is 32.4 Å². The Morgan fingerprint density at radius 1 is 1.33 bits per heavy atom. The lowest BCUT2D eigenvalue weighted by atomic mass is 9.99. The van der Waals surface area contributed by atoms with E-state index in [9.17, 15) is 8.78 Å². The highest BCUT2D eigenvalue weighted by Gasteiger charge is 2.25. The predicted molar refractivity (Wildman–Crippen MR) is 66.2 cm³/mol. The predicted octanol–water partition coefficient (Wildman–Crippen LogP) is 2.87. The van der Waals surface area contributed by atoms with Gasteiger partial charge in [0.15, 0.2) is 11.6 Å². The first kappa shape index (κ1) is 13.4. The van der Waals surface area contributed by atoms with Gasteiger partial charge in [0.25, 0.3) is 0 Å². The molecule has 100 valence electrons. The molecular formula is C14H19F2NO. The maximum atomic E-state index is 13.0. The summed E-state index contributed by atoms with van der Waals surface area (Å²) in [5.41, 5.74) is 0.765. The number of nitrogens with one attached hydrogen (secondary N) is 1. The van der Waals surface area contributed by atoms with Crippen molar-refractivity contribution in [3.63, 3.8) is 0 Å². The quantitative estimate of drug-likeness (QED) is 0.873. The van der Waals surface area contributed by atoms with Gasteiger partial charge in [-0.05, 0) is 36.5 Å². The molecule has 1 N–H and O–H groups in total. The molecule has 1 aliphatic rings. The molecule has 0 radical (unpaired) electrons. The molecule has 2 unspecified atom stereocenters. The maximum absolute atomic E-state index is 13.0. The molecule has 0 aliphatic carbocycles. The molecule has 0 aromatic heterocycles. The maximum Gasteiger partial charge on any atom is 0.159 e. The van der Waals surface area contributed by atoms with Crippen LogP contribution in [-0.4, -0.2) is 19.3 Å². The second-order valence-corrected chi connectivity index (χ2v) is 4.75. The van der Waals surface area contributed by atoms with Crippen molar-refractivity contribution in [1.29, 1.82) is 0 Å². The molecule has 2 nitrogen and oxygen atoms in total. The fourth-order valence-corrected chi connectivity index (χ4v) is 2.43. The molecule has 0 amide bonds. The lowest BCUT2D eigenvalue weighted by Gasteiger charge is -2.17. The first-order valence-electron chi connectivity index (χ1n) is 6.47. The van der Waals surface area contributed by atoms with Crippen LogP contribution in [0.5, 0.6) is 0 Å². The zero-order chi connectivity index (χ0) is 13.0. The van der Waals surface area contributed by atoms with Crippen molar-refractivity contribution in [1.82, 2.24) is 5.32 Å². The smallest absolute Gasteiger partial charge is 0.159 e. The van der Waals surface area contributed by atoms with E-state index >= 15 is 0 Å². The highest BCUT2D eigenvalue weighted by Crippen LogP contribution is 2.22. The summed E-state index contributed by atoms with van der Waals surface area (Å²) in [5.74, 6) is -1.06. The third kappa shape index (κ3) is 3.27. The fourth-order valence-electron chi connectivity index (χ4n) is 2.43. The largest absolute Gasteiger partial charge is 0.378 e. The Kier molecular flexibility index (Phi) is 4.66. The van der Waals surface area contributed by atoms with Crippen molar-refractivity contribution < 1.29 is 13.5 Å². The fraction of sp³-hybridized carbons (Fsp3) is 0.571.